The van der Waals surface area contributed by atoms with Crippen LogP contribution >= 0.6 is 0 Å². The summed E-state index contributed by atoms with van der Waals surface area (Å²) < 4.78 is 5.51. The molecule has 7 nitrogen and oxygen atoms in total. The number of Topliss-reactive ketones (excluding diaryl/α,β-unsaturated/α-hetero) is 2. The van der Waals surface area contributed by atoms with Gasteiger partial charge < -0.3 is 20.6 Å². The minimum atomic E-state index is -0.789. The molecule has 33 heavy (non-hydrogen) atoms. The van der Waals surface area contributed by atoms with E-state index in [0.717, 1.165) is 32.1 Å². The normalized spacial score (nSPS) is 33.1. The van der Waals surface area contributed by atoms with Crippen LogP contribution in [0.1, 0.15) is 79.1 Å². The lowest BCUT2D eigenvalue weighted by atomic mass is 9.70. The fourth-order valence-electron chi connectivity index (χ4n) is 5.51. The average molecular weight is 461 g/mol. The van der Waals surface area contributed by atoms with Crippen molar-refractivity contribution in [2.24, 2.45) is 28.6 Å². The average Bonchev–Trinajstić information content (AvgIpc) is 3.15. The number of alkyl carbamates (subject to hydrolysis) is 1. The van der Waals surface area contributed by atoms with Gasteiger partial charge in [-0.25, -0.2) is 4.79 Å². The summed E-state index contributed by atoms with van der Waals surface area (Å²) in [5.74, 6) is -1.46. The first-order valence-electron chi connectivity index (χ1n) is 12.3. The number of nitrogens with one attached hydrogen (secondary N) is 2. The minimum Gasteiger partial charge on any atom is -0.446 e. The zero-order valence-electron chi connectivity index (χ0n) is 20.5. The van der Waals surface area contributed by atoms with Crippen molar-refractivity contribution < 1.29 is 24.2 Å². The van der Waals surface area contributed by atoms with Gasteiger partial charge in [0.05, 0.1) is 17.9 Å². The molecule has 0 bridgehead atoms. The lowest BCUT2D eigenvalue weighted by Gasteiger charge is -2.37. The second-order valence-corrected chi connectivity index (χ2v) is 11.6. The number of hydrogen-bond acceptors (Lipinski definition) is 6. The van der Waals surface area contributed by atoms with Gasteiger partial charge in [-0.15, -0.1) is 6.58 Å². The van der Waals surface area contributed by atoms with E-state index in [0.29, 0.717) is 0 Å². The Morgan fingerprint density at radius 3 is 2.30 bits per heavy atom. The predicted molar refractivity (Wildman–Crippen MR) is 126 cm³/mol. The molecule has 7 heteroatoms. The van der Waals surface area contributed by atoms with Crippen LogP contribution in [0.2, 0.25) is 0 Å². The lowest BCUT2D eigenvalue weighted by Crippen LogP contribution is -2.53. The van der Waals surface area contributed by atoms with Crippen LogP contribution in [0.15, 0.2) is 12.7 Å². The third kappa shape index (κ3) is 5.73. The van der Waals surface area contributed by atoms with Gasteiger partial charge in [-0.1, -0.05) is 33.8 Å². The van der Waals surface area contributed by atoms with Gasteiger partial charge in [0.1, 0.15) is 6.10 Å². The standard InChI is InChI=1S/C26H40N2O5/c1-6-17-14-26(17,5)22(27)20(30)15-11-16(13-18(29)12-15)21(31)23(25(2,3)4)28-24(32)33-19-9-7-8-10-19/h6,15-19,23,27,29H,1,7-14H2,2-5H3,(H,28,32). The van der Waals surface area contributed by atoms with Crippen LogP contribution in [-0.4, -0.2) is 46.7 Å². The fraction of sp³-hybridized carbons (Fsp3) is 0.769. The summed E-state index contributed by atoms with van der Waals surface area (Å²) in [5, 5.41) is 21.7. The summed E-state index contributed by atoms with van der Waals surface area (Å²) in [7, 11) is 0. The van der Waals surface area contributed by atoms with Crippen molar-refractivity contribution in [1.29, 1.82) is 5.41 Å². The van der Waals surface area contributed by atoms with Crippen LogP contribution in [0, 0.1) is 34.0 Å². The molecule has 0 aromatic heterocycles. The molecule has 3 aliphatic carbocycles. The molecule has 6 atom stereocenters. The number of carbonyl (C=O) groups is 3. The van der Waals surface area contributed by atoms with Gasteiger partial charge in [0.25, 0.3) is 0 Å². The van der Waals surface area contributed by atoms with E-state index in [2.05, 4.69) is 11.9 Å². The second-order valence-electron chi connectivity index (χ2n) is 11.6. The van der Waals surface area contributed by atoms with Gasteiger partial charge in [-0.05, 0) is 62.7 Å². The zero-order chi connectivity index (χ0) is 24.6. The Bertz CT molecular complexity index is 810. The highest BCUT2D eigenvalue weighted by Crippen LogP contribution is 2.54. The topological polar surface area (TPSA) is 117 Å². The summed E-state index contributed by atoms with van der Waals surface area (Å²) in [4.78, 5) is 39.2. The summed E-state index contributed by atoms with van der Waals surface area (Å²) in [6.45, 7) is 11.3. The molecule has 1 amide bonds. The Labute approximate surface area is 197 Å². The van der Waals surface area contributed by atoms with E-state index in [9.17, 15) is 19.5 Å². The number of amides is 1. The highest BCUT2D eigenvalue weighted by Gasteiger charge is 2.54. The third-order valence-corrected chi connectivity index (χ3v) is 7.85. The Hall–Kier alpha value is -2.02. The molecule has 3 N–H and O–H groups in total. The summed E-state index contributed by atoms with van der Waals surface area (Å²) in [6.07, 6.45) is 5.62. The zero-order valence-corrected chi connectivity index (χ0v) is 20.5. The van der Waals surface area contributed by atoms with Crippen molar-refractivity contribution in [1.82, 2.24) is 5.32 Å². The Balaban J connectivity index is 1.68. The molecule has 0 saturated heterocycles. The Morgan fingerprint density at radius 1 is 1.15 bits per heavy atom. The van der Waals surface area contributed by atoms with E-state index in [1.54, 1.807) is 6.08 Å². The van der Waals surface area contributed by atoms with Gasteiger partial charge in [0, 0.05) is 17.3 Å². The fourth-order valence-corrected chi connectivity index (χ4v) is 5.51. The Kier molecular flexibility index (Phi) is 7.52. The molecule has 0 aromatic carbocycles. The van der Waals surface area contributed by atoms with Crippen molar-refractivity contribution in [3.8, 4) is 0 Å². The van der Waals surface area contributed by atoms with Crippen LogP contribution in [0.5, 0.6) is 0 Å². The third-order valence-electron chi connectivity index (χ3n) is 7.85. The van der Waals surface area contributed by atoms with E-state index >= 15 is 0 Å². The number of ketones is 2. The molecule has 184 valence electrons. The molecule has 3 saturated carbocycles. The maximum absolute atomic E-state index is 13.5. The molecule has 3 aliphatic rings. The van der Waals surface area contributed by atoms with Gasteiger partial charge >= 0.3 is 6.09 Å². The Morgan fingerprint density at radius 2 is 1.76 bits per heavy atom. The van der Waals surface area contributed by atoms with E-state index in [-0.39, 0.29) is 48.6 Å². The molecule has 3 fully saturated rings. The van der Waals surface area contributed by atoms with Crippen LogP contribution in [-0.2, 0) is 14.3 Å². The number of aliphatic hydroxyl groups is 1. The highest BCUT2D eigenvalue weighted by molar-refractivity contribution is 6.42. The lowest BCUT2D eigenvalue weighted by molar-refractivity contribution is -0.132. The quantitative estimate of drug-likeness (QED) is 0.370. The predicted octanol–water partition coefficient (Wildman–Crippen LogP) is 4.22. The number of allylic oxidation sites excluding steroid dienone is 1. The molecule has 0 aromatic rings. The van der Waals surface area contributed by atoms with Crippen LogP contribution in [0.4, 0.5) is 4.79 Å². The number of carbonyl (C=O) groups excluding carboxylic acids is 3. The number of ether oxygens (including phenoxy) is 1. The van der Waals surface area contributed by atoms with Gasteiger partial charge in [-0.2, -0.15) is 0 Å². The number of hydrogen-bond donors (Lipinski definition) is 3. The van der Waals surface area contributed by atoms with Gasteiger partial charge in [0.2, 0.25) is 0 Å². The maximum Gasteiger partial charge on any atom is 0.408 e. The van der Waals surface area contributed by atoms with Crippen molar-refractivity contribution in [3.05, 3.63) is 12.7 Å². The number of rotatable bonds is 8. The smallest absolute Gasteiger partial charge is 0.408 e. The molecule has 0 aliphatic heterocycles. The first-order valence-corrected chi connectivity index (χ1v) is 12.3. The van der Waals surface area contributed by atoms with Crippen LogP contribution in [0.3, 0.4) is 0 Å². The van der Waals surface area contributed by atoms with Crippen molar-refractivity contribution in [2.45, 2.75) is 97.3 Å². The van der Waals surface area contributed by atoms with Crippen molar-refractivity contribution >= 4 is 23.4 Å². The van der Waals surface area contributed by atoms with E-state index in [4.69, 9.17) is 10.1 Å². The minimum absolute atomic E-state index is 0.0725. The van der Waals surface area contributed by atoms with Crippen molar-refractivity contribution in [2.75, 3.05) is 0 Å². The van der Waals surface area contributed by atoms with Crippen LogP contribution < -0.4 is 5.32 Å². The monoisotopic (exact) mass is 460 g/mol. The summed E-state index contributed by atoms with van der Waals surface area (Å²) >= 11 is 0. The summed E-state index contributed by atoms with van der Waals surface area (Å²) in [5.41, 5.74) is -0.970. The second kappa shape index (κ2) is 9.69. The SMILES string of the molecule is C=CC1CC1(C)C(=N)C(=O)C1CC(O)CC(C(=O)C(NC(=O)OC2CCCC2)C(C)(C)C)C1. The first-order chi connectivity index (χ1) is 15.4. The van der Waals surface area contributed by atoms with Gasteiger partial charge in [-0.3, -0.25) is 9.59 Å². The van der Waals surface area contributed by atoms with Crippen molar-refractivity contribution in [3.63, 3.8) is 0 Å². The van der Waals surface area contributed by atoms with E-state index in [1.807, 2.05) is 27.7 Å². The molecular weight excluding hydrogens is 420 g/mol. The van der Waals surface area contributed by atoms with Crippen LogP contribution in [0.25, 0.3) is 0 Å². The number of aliphatic hydroxyl groups excluding tert-OH is 1. The summed E-state index contributed by atoms with van der Waals surface area (Å²) in [6, 6.07) is -0.789. The highest BCUT2D eigenvalue weighted by atomic mass is 16.6. The molecule has 6 unspecified atom stereocenters. The molecule has 3 rings (SSSR count). The van der Waals surface area contributed by atoms with E-state index in [1.165, 1.54) is 0 Å². The first kappa shape index (κ1) is 25.6. The molecule has 0 spiro atoms. The van der Waals surface area contributed by atoms with E-state index < -0.39 is 40.9 Å². The molecule has 0 heterocycles. The molecular formula is C26H40N2O5. The molecule has 0 radical (unpaired) electrons. The largest absolute Gasteiger partial charge is 0.446 e. The van der Waals surface area contributed by atoms with Gasteiger partial charge in [0.15, 0.2) is 11.6 Å². The maximum atomic E-state index is 13.5.